The smallest absolute Gasteiger partial charge is 0.323 e. The normalized spacial score (nSPS) is 19.6. The number of amides is 2. The number of carbonyl (C=O) groups excluding carboxylic acids is 1. The fourth-order valence-corrected chi connectivity index (χ4v) is 2.97. The second kappa shape index (κ2) is 8.09. The molecule has 1 aliphatic heterocycles. The van der Waals surface area contributed by atoms with E-state index in [-0.39, 0.29) is 19.1 Å². The molecule has 0 aromatic heterocycles. The van der Waals surface area contributed by atoms with E-state index in [1.165, 1.54) is 4.90 Å². The van der Waals surface area contributed by atoms with Gasteiger partial charge in [0.25, 0.3) is 0 Å². The Balaban J connectivity index is 2.62. The van der Waals surface area contributed by atoms with Crippen molar-refractivity contribution in [2.75, 3.05) is 32.4 Å². The molecule has 0 aromatic carbocycles. The Kier molecular flexibility index (Phi) is 6.77. The largest absolute Gasteiger partial charge is 0.480 e. The quantitative estimate of drug-likeness (QED) is 0.784. The number of aliphatic carboxylic acids is 1. The number of hydrogen-bond acceptors (Lipinski definition) is 3. The Morgan fingerprint density at radius 3 is 2.79 bits per heavy atom. The molecule has 2 amide bonds. The van der Waals surface area contributed by atoms with Crippen molar-refractivity contribution < 1.29 is 14.7 Å². The summed E-state index contributed by atoms with van der Waals surface area (Å²) in [5.74, 6) is -0.994. The number of carboxylic acid groups (broad SMARTS) is 1. The van der Waals surface area contributed by atoms with Crippen molar-refractivity contribution in [1.82, 2.24) is 9.80 Å². The van der Waals surface area contributed by atoms with Crippen LogP contribution < -0.4 is 0 Å². The van der Waals surface area contributed by atoms with E-state index in [2.05, 4.69) is 12.8 Å². The Labute approximate surface area is 118 Å². The average Bonchev–Trinajstić information content (AvgIpc) is 2.62. The summed E-state index contributed by atoms with van der Waals surface area (Å²) in [7, 11) is 0. The number of carbonyl (C=O) groups is 2. The molecule has 1 rings (SSSR count). The van der Waals surface area contributed by atoms with Crippen molar-refractivity contribution in [3.05, 3.63) is 12.7 Å². The van der Waals surface area contributed by atoms with Crippen LogP contribution in [0.15, 0.2) is 12.7 Å². The first-order valence-electron chi connectivity index (χ1n) is 6.47. The summed E-state index contributed by atoms with van der Waals surface area (Å²) < 4.78 is 0. The third kappa shape index (κ3) is 5.14. The van der Waals surface area contributed by atoms with Crippen molar-refractivity contribution in [1.29, 1.82) is 0 Å². The lowest BCUT2D eigenvalue weighted by atomic mass is 10.2. The van der Waals surface area contributed by atoms with Crippen LogP contribution in [0.1, 0.15) is 19.3 Å². The van der Waals surface area contributed by atoms with Crippen LogP contribution in [0.5, 0.6) is 0 Å². The highest BCUT2D eigenvalue weighted by atomic mass is 32.2. The Morgan fingerprint density at radius 1 is 1.47 bits per heavy atom. The van der Waals surface area contributed by atoms with Gasteiger partial charge < -0.3 is 14.9 Å². The van der Waals surface area contributed by atoms with Gasteiger partial charge in [-0.3, -0.25) is 4.79 Å². The molecule has 0 bridgehead atoms. The van der Waals surface area contributed by atoms with E-state index in [1.54, 1.807) is 11.0 Å². The van der Waals surface area contributed by atoms with Crippen molar-refractivity contribution in [2.45, 2.75) is 24.5 Å². The third-order valence-corrected chi connectivity index (χ3v) is 4.36. The van der Waals surface area contributed by atoms with Crippen molar-refractivity contribution in [3.63, 3.8) is 0 Å². The minimum absolute atomic E-state index is 0.191. The van der Waals surface area contributed by atoms with Gasteiger partial charge in [0, 0.05) is 24.9 Å². The van der Waals surface area contributed by atoms with Crippen molar-refractivity contribution >= 4 is 23.8 Å². The molecule has 1 atom stereocenters. The summed E-state index contributed by atoms with van der Waals surface area (Å²) in [6.07, 6.45) is 6.72. The van der Waals surface area contributed by atoms with Crippen LogP contribution in [0, 0.1) is 0 Å². The molecule has 1 N–H and O–H groups in total. The van der Waals surface area contributed by atoms with E-state index < -0.39 is 5.97 Å². The van der Waals surface area contributed by atoms with Gasteiger partial charge in [-0.05, 0) is 25.5 Å². The molecule has 1 fully saturated rings. The highest BCUT2D eigenvalue weighted by Gasteiger charge is 2.24. The Bertz CT molecular complexity index is 336. The fraction of sp³-hybridized carbons (Fsp3) is 0.692. The first-order valence-corrected chi connectivity index (χ1v) is 7.76. The highest BCUT2D eigenvalue weighted by molar-refractivity contribution is 7.99. The van der Waals surface area contributed by atoms with Gasteiger partial charge >= 0.3 is 12.0 Å². The van der Waals surface area contributed by atoms with Crippen LogP contribution in [-0.4, -0.2) is 64.6 Å². The lowest BCUT2D eigenvalue weighted by Gasteiger charge is -2.28. The monoisotopic (exact) mass is 286 g/mol. The molecule has 1 aliphatic rings. The molecule has 1 unspecified atom stereocenters. The molecule has 19 heavy (non-hydrogen) atoms. The Hall–Kier alpha value is -1.17. The van der Waals surface area contributed by atoms with Crippen LogP contribution in [-0.2, 0) is 4.79 Å². The molecular formula is C13H22N2O3S. The predicted octanol–water partition coefficient (Wildman–Crippen LogP) is 1.90. The summed E-state index contributed by atoms with van der Waals surface area (Å²) in [5, 5.41) is 9.45. The van der Waals surface area contributed by atoms with Crippen LogP contribution in [0.3, 0.4) is 0 Å². The second-order valence-corrected chi connectivity index (χ2v) is 5.76. The summed E-state index contributed by atoms with van der Waals surface area (Å²) in [6, 6.07) is -0.191. The molecule has 0 aliphatic carbocycles. The molecule has 108 valence electrons. The zero-order chi connectivity index (χ0) is 14.3. The molecule has 1 saturated heterocycles. The van der Waals surface area contributed by atoms with Gasteiger partial charge in [-0.25, -0.2) is 4.79 Å². The summed E-state index contributed by atoms with van der Waals surface area (Å²) in [4.78, 5) is 26.2. The number of rotatable bonds is 5. The molecule has 5 nitrogen and oxygen atoms in total. The summed E-state index contributed by atoms with van der Waals surface area (Å²) in [6.45, 7) is 4.99. The number of likely N-dealkylation sites (tertiary alicyclic amines) is 1. The minimum atomic E-state index is -0.994. The van der Waals surface area contributed by atoms with Gasteiger partial charge in [-0.2, -0.15) is 11.8 Å². The van der Waals surface area contributed by atoms with E-state index in [0.29, 0.717) is 18.3 Å². The zero-order valence-corrected chi connectivity index (χ0v) is 12.2. The fourth-order valence-electron chi connectivity index (χ4n) is 2.22. The van der Waals surface area contributed by atoms with Gasteiger partial charge in [0.2, 0.25) is 0 Å². The highest BCUT2D eigenvalue weighted by Crippen LogP contribution is 2.21. The van der Waals surface area contributed by atoms with E-state index in [9.17, 15) is 9.59 Å². The number of carboxylic acids is 1. The maximum Gasteiger partial charge on any atom is 0.323 e. The van der Waals surface area contributed by atoms with E-state index in [1.807, 2.05) is 11.8 Å². The average molecular weight is 286 g/mol. The first-order chi connectivity index (χ1) is 9.08. The molecule has 0 aromatic rings. The number of urea groups is 1. The first kappa shape index (κ1) is 15.9. The van der Waals surface area contributed by atoms with Gasteiger partial charge in [0.05, 0.1) is 0 Å². The van der Waals surface area contributed by atoms with Crippen LogP contribution >= 0.6 is 11.8 Å². The molecule has 0 saturated carbocycles. The van der Waals surface area contributed by atoms with Crippen molar-refractivity contribution in [2.24, 2.45) is 0 Å². The van der Waals surface area contributed by atoms with Crippen LogP contribution in [0.2, 0.25) is 0 Å². The predicted molar refractivity (Wildman–Crippen MR) is 77.5 cm³/mol. The maximum atomic E-state index is 12.3. The molecule has 0 spiro atoms. The lowest BCUT2D eigenvalue weighted by molar-refractivity contribution is -0.137. The standard InChI is InChI=1S/C13H22N2O3S/c1-3-7-15(10-12(16)17)13(18)14-8-4-5-11(19-2)6-9-14/h3,11H,1,4-10H2,2H3,(H,16,17). The summed E-state index contributed by atoms with van der Waals surface area (Å²) >= 11 is 1.84. The second-order valence-electron chi connectivity index (χ2n) is 4.62. The number of thioether (sulfide) groups is 1. The maximum absolute atomic E-state index is 12.3. The van der Waals surface area contributed by atoms with E-state index in [4.69, 9.17) is 5.11 Å². The SMILES string of the molecule is C=CCN(CC(=O)O)C(=O)N1CCCC(SC)CC1. The molecule has 1 heterocycles. The number of hydrogen-bond donors (Lipinski definition) is 1. The molecule has 6 heteroatoms. The van der Waals surface area contributed by atoms with Crippen LogP contribution in [0.4, 0.5) is 4.79 Å². The van der Waals surface area contributed by atoms with Gasteiger partial charge in [0.1, 0.15) is 6.54 Å². The van der Waals surface area contributed by atoms with Crippen molar-refractivity contribution in [3.8, 4) is 0 Å². The van der Waals surface area contributed by atoms with Gasteiger partial charge in [-0.1, -0.05) is 6.08 Å². The van der Waals surface area contributed by atoms with E-state index in [0.717, 1.165) is 19.3 Å². The van der Waals surface area contributed by atoms with Gasteiger partial charge in [-0.15, -0.1) is 6.58 Å². The van der Waals surface area contributed by atoms with E-state index >= 15 is 0 Å². The third-order valence-electron chi connectivity index (χ3n) is 3.23. The minimum Gasteiger partial charge on any atom is -0.480 e. The van der Waals surface area contributed by atoms with Gasteiger partial charge in [0.15, 0.2) is 0 Å². The zero-order valence-electron chi connectivity index (χ0n) is 11.4. The molecular weight excluding hydrogens is 264 g/mol. The number of nitrogens with zero attached hydrogens (tertiary/aromatic N) is 2. The lowest BCUT2D eigenvalue weighted by Crippen LogP contribution is -2.45. The molecule has 0 radical (unpaired) electrons. The topological polar surface area (TPSA) is 60.9 Å². The summed E-state index contributed by atoms with van der Waals surface area (Å²) in [5.41, 5.74) is 0. The Morgan fingerprint density at radius 2 is 2.21 bits per heavy atom. The van der Waals surface area contributed by atoms with Crippen LogP contribution in [0.25, 0.3) is 0 Å².